The van der Waals surface area contributed by atoms with Gasteiger partial charge in [0.05, 0.1) is 12.9 Å². The van der Waals surface area contributed by atoms with Crippen LogP contribution in [-0.2, 0) is 36.6 Å². The monoisotopic (exact) mass is 371 g/mol. The maximum Gasteiger partial charge on any atom is 0.332 e. The Bertz CT molecular complexity index is 1110. The third kappa shape index (κ3) is 3.81. The molecule has 0 atom stereocenters. The molecule has 3 aromatic heterocycles. The minimum Gasteiger partial charge on any atom is -0.464 e. The average Bonchev–Trinajstić information content (AvgIpc) is 3.05. The molecule has 0 radical (unpaired) electrons. The highest BCUT2D eigenvalue weighted by Gasteiger charge is 2.16. The van der Waals surface area contributed by atoms with Crippen molar-refractivity contribution in [1.29, 1.82) is 0 Å². The van der Waals surface area contributed by atoms with E-state index in [1.807, 2.05) is 25.1 Å². The zero-order chi connectivity index (χ0) is 19.6. The molecule has 0 aliphatic rings. The van der Waals surface area contributed by atoms with E-state index in [0.29, 0.717) is 12.8 Å². The number of rotatable bonds is 6. The Morgan fingerprint density at radius 1 is 1.19 bits per heavy atom. The van der Waals surface area contributed by atoms with E-state index >= 15 is 0 Å². The molecule has 0 amide bonds. The van der Waals surface area contributed by atoms with Crippen LogP contribution in [-0.4, -0.2) is 36.2 Å². The van der Waals surface area contributed by atoms with Gasteiger partial charge in [-0.05, 0) is 31.9 Å². The minimum absolute atomic E-state index is 0.146. The molecule has 0 spiro atoms. The molecule has 0 saturated carbocycles. The van der Waals surface area contributed by atoms with Crippen LogP contribution in [0.25, 0.3) is 11.2 Å². The first-order valence-electron chi connectivity index (χ1n) is 8.57. The fourth-order valence-electron chi connectivity index (χ4n) is 2.88. The number of aromatic nitrogens is 5. The van der Waals surface area contributed by atoms with Gasteiger partial charge in [0, 0.05) is 25.5 Å². The number of hydrogen-bond donors (Lipinski definition) is 0. The number of pyridine rings is 1. The van der Waals surface area contributed by atoms with E-state index in [4.69, 9.17) is 4.74 Å². The lowest BCUT2D eigenvalue weighted by Crippen LogP contribution is -2.37. The van der Waals surface area contributed by atoms with Crippen LogP contribution in [0.15, 0.2) is 34.1 Å². The third-order valence-electron chi connectivity index (χ3n) is 4.30. The van der Waals surface area contributed by atoms with Crippen molar-refractivity contribution in [2.75, 3.05) is 6.61 Å². The van der Waals surface area contributed by atoms with Crippen molar-refractivity contribution in [2.45, 2.75) is 26.3 Å². The molecule has 0 aliphatic carbocycles. The molecule has 3 rings (SSSR count). The molecule has 27 heavy (non-hydrogen) atoms. The Labute approximate surface area is 154 Å². The number of hydrogen-bond acceptors (Lipinski definition) is 6. The lowest BCUT2D eigenvalue weighted by atomic mass is 10.2. The van der Waals surface area contributed by atoms with E-state index in [2.05, 4.69) is 9.97 Å². The number of imidazole rings is 1. The Kier molecular flexibility index (Phi) is 5.20. The summed E-state index contributed by atoms with van der Waals surface area (Å²) in [4.78, 5) is 44.8. The van der Waals surface area contributed by atoms with Crippen molar-refractivity contribution in [3.05, 3.63) is 56.8 Å². The normalized spacial score (nSPS) is 11.1. The van der Waals surface area contributed by atoms with Crippen LogP contribution in [0.5, 0.6) is 0 Å². The molecular weight excluding hydrogens is 350 g/mol. The summed E-state index contributed by atoms with van der Waals surface area (Å²) in [6, 6.07) is 5.81. The summed E-state index contributed by atoms with van der Waals surface area (Å²) in [6.07, 6.45) is 2.73. The second-order valence-electron chi connectivity index (χ2n) is 6.34. The van der Waals surface area contributed by atoms with Gasteiger partial charge in [-0.2, -0.15) is 0 Å². The van der Waals surface area contributed by atoms with Crippen molar-refractivity contribution >= 4 is 17.1 Å². The van der Waals surface area contributed by atoms with E-state index < -0.39 is 17.2 Å². The number of carbonyl (C=O) groups excluding carboxylic acids is 1. The maximum atomic E-state index is 12.3. The molecule has 3 heterocycles. The lowest BCUT2D eigenvalue weighted by molar-refractivity contribution is -0.144. The van der Waals surface area contributed by atoms with Gasteiger partial charge >= 0.3 is 11.7 Å². The van der Waals surface area contributed by atoms with Crippen molar-refractivity contribution in [3.63, 3.8) is 0 Å². The molecule has 3 aromatic rings. The first kappa shape index (κ1) is 18.6. The van der Waals surface area contributed by atoms with Gasteiger partial charge in [0.1, 0.15) is 6.54 Å². The van der Waals surface area contributed by atoms with Gasteiger partial charge in [-0.1, -0.05) is 6.07 Å². The summed E-state index contributed by atoms with van der Waals surface area (Å²) in [5.41, 5.74) is 1.37. The highest BCUT2D eigenvalue weighted by atomic mass is 16.5. The summed E-state index contributed by atoms with van der Waals surface area (Å²) >= 11 is 0. The van der Waals surface area contributed by atoms with E-state index in [0.717, 1.165) is 16.0 Å². The van der Waals surface area contributed by atoms with Crippen LogP contribution in [0, 0.1) is 6.92 Å². The van der Waals surface area contributed by atoms with Crippen LogP contribution in [0.2, 0.25) is 0 Å². The Morgan fingerprint density at radius 2 is 1.96 bits per heavy atom. The fraction of sp³-hybridized carbons (Fsp3) is 0.389. The highest BCUT2D eigenvalue weighted by molar-refractivity contribution is 5.75. The summed E-state index contributed by atoms with van der Waals surface area (Å²) in [5, 5.41) is 0. The molecule has 0 fully saturated rings. The largest absolute Gasteiger partial charge is 0.464 e. The van der Waals surface area contributed by atoms with Crippen molar-refractivity contribution in [2.24, 2.45) is 14.1 Å². The second-order valence-corrected chi connectivity index (χ2v) is 6.34. The van der Waals surface area contributed by atoms with Gasteiger partial charge in [-0.15, -0.1) is 0 Å². The predicted octanol–water partition coefficient (Wildman–Crippen LogP) is 0.313. The zero-order valence-electron chi connectivity index (χ0n) is 15.5. The topological polar surface area (TPSA) is 101 Å². The lowest BCUT2D eigenvalue weighted by Gasteiger charge is -2.07. The number of fused-ring (bicyclic) bond motifs is 1. The molecule has 9 nitrogen and oxygen atoms in total. The average molecular weight is 371 g/mol. The van der Waals surface area contributed by atoms with Crippen molar-refractivity contribution in [1.82, 2.24) is 23.7 Å². The highest BCUT2D eigenvalue weighted by Crippen LogP contribution is 2.06. The summed E-state index contributed by atoms with van der Waals surface area (Å²) in [6.45, 7) is 2.04. The number of esters is 1. The Balaban J connectivity index is 1.63. The Hall–Kier alpha value is -3.23. The van der Waals surface area contributed by atoms with Crippen LogP contribution < -0.4 is 11.2 Å². The maximum absolute atomic E-state index is 12.3. The summed E-state index contributed by atoms with van der Waals surface area (Å²) in [5.74, 6) is -0.470. The van der Waals surface area contributed by atoms with Crippen molar-refractivity contribution in [3.8, 4) is 0 Å². The van der Waals surface area contributed by atoms with E-state index in [-0.39, 0.29) is 24.3 Å². The fourth-order valence-corrected chi connectivity index (χ4v) is 2.88. The van der Waals surface area contributed by atoms with Crippen LogP contribution in [0.4, 0.5) is 0 Å². The number of aryl methyl sites for hydroxylation is 3. The standard InChI is InChI=1S/C18H21N5O4/c1-12-6-4-7-13(20-12)8-5-9-27-14(24)10-23-11-19-16-15(23)17(25)22(3)18(26)21(16)2/h4,6-7,11H,5,8-10H2,1-3H3. The number of carbonyl (C=O) groups is 1. The van der Waals surface area contributed by atoms with E-state index in [1.165, 1.54) is 29.6 Å². The predicted molar refractivity (Wildman–Crippen MR) is 98.5 cm³/mol. The van der Waals surface area contributed by atoms with Gasteiger partial charge < -0.3 is 9.30 Å². The summed E-state index contributed by atoms with van der Waals surface area (Å²) in [7, 11) is 2.91. The quantitative estimate of drug-likeness (QED) is 0.457. The summed E-state index contributed by atoms with van der Waals surface area (Å²) < 4.78 is 8.91. The van der Waals surface area contributed by atoms with Crippen LogP contribution in [0.1, 0.15) is 17.8 Å². The Morgan fingerprint density at radius 3 is 2.70 bits per heavy atom. The van der Waals surface area contributed by atoms with E-state index in [1.54, 1.807) is 0 Å². The molecule has 0 aliphatic heterocycles. The molecule has 0 unspecified atom stereocenters. The SMILES string of the molecule is Cc1cccc(CCCOC(=O)Cn2cnc3c2c(=O)n(C)c(=O)n3C)n1. The number of ether oxygens (including phenoxy) is 1. The van der Waals surface area contributed by atoms with Gasteiger partial charge in [0.2, 0.25) is 0 Å². The molecular formula is C18H21N5O4. The van der Waals surface area contributed by atoms with Gasteiger partial charge in [0.15, 0.2) is 11.2 Å². The minimum atomic E-state index is -0.496. The molecule has 0 aromatic carbocycles. The van der Waals surface area contributed by atoms with Gasteiger partial charge in [-0.25, -0.2) is 9.78 Å². The first-order chi connectivity index (χ1) is 12.9. The smallest absolute Gasteiger partial charge is 0.332 e. The third-order valence-corrected chi connectivity index (χ3v) is 4.30. The first-order valence-corrected chi connectivity index (χ1v) is 8.57. The molecule has 142 valence electrons. The molecule has 0 saturated heterocycles. The molecule has 0 N–H and O–H groups in total. The zero-order valence-corrected chi connectivity index (χ0v) is 15.5. The van der Waals surface area contributed by atoms with Gasteiger partial charge in [0.25, 0.3) is 5.56 Å². The van der Waals surface area contributed by atoms with Crippen LogP contribution in [0.3, 0.4) is 0 Å². The number of nitrogens with zero attached hydrogens (tertiary/aromatic N) is 5. The van der Waals surface area contributed by atoms with Crippen molar-refractivity contribution < 1.29 is 9.53 Å². The van der Waals surface area contributed by atoms with E-state index in [9.17, 15) is 14.4 Å². The second kappa shape index (κ2) is 7.56. The molecule has 0 bridgehead atoms. The molecule has 9 heteroatoms. The van der Waals surface area contributed by atoms with Crippen LogP contribution >= 0.6 is 0 Å². The van der Waals surface area contributed by atoms with Gasteiger partial charge in [-0.3, -0.25) is 23.7 Å².